The maximum Gasteiger partial charge on any atom is 0.0544 e. The minimum Gasteiger partial charge on any atom is -0.388 e. The maximum atomic E-state index is 4.46. The summed E-state index contributed by atoms with van der Waals surface area (Å²) in [7, 11) is 1.97. The van der Waals surface area contributed by atoms with Crippen LogP contribution in [0.25, 0.3) is 0 Å². The van der Waals surface area contributed by atoms with Crippen LogP contribution in [0.2, 0.25) is 0 Å². The summed E-state index contributed by atoms with van der Waals surface area (Å²) in [6, 6.07) is 18.7. The van der Waals surface area contributed by atoms with E-state index in [2.05, 4.69) is 56.6 Å². The second kappa shape index (κ2) is 7.61. The van der Waals surface area contributed by atoms with E-state index in [1.807, 2.05) is 37.6 Å². The Balaban J connectivity index is 1.79. The van der Waals surface area contributed by atoms with Crippen molar-refractivity contribution >= 4 is 5.69 Å². The third kappa shape index (κ3) is 4.20. The van der Waals surface area contributed by atoms with Gasteiger partial charge in [-0.1, -0.05) is 24.3 Å². The normalized spacial score (nSPS) is 10.9. The number of aromatic nitrogens is 2. The molecule has 2 N–H and O–H groups in total. The molecule has 0 aliphatic carbocycles. The minimum atomic E-state index is 0.817. The molecule has 3 aromatic rings. The molecule has 3 rings (SSSR count). The quantitative estimate of drug-likeness (QED) is 0.700. The first-order valence-electron chi connectivity index (χ1n) is 7.85. The highest BCUT2D eigenvalue weighted by Crippen LogP contribution is 2.19. The molecule has 0 saturated heterocycles. The number of hydrogen-bond donors (Lipinski definition) is 2. The molecule has 0 radical (unpaired) electrons. The van der Waals surface area contributed by atoms with Crippen molar-refractivity contribution in [3.8, 4) is 0 Å². The van der Waals surface area contributed by atoms with Gasteiger partial charge in [0.15, 0.2) is 0 Å². The summed E-state index contributed by atoms with van der Waals surface area (Å²) in [6.07, 6.45) is 3.82. The summed E-state index contributed by atoms with van der Waals surface area (Å²) in [6.45, 7) is 2.55. The number of hydrogen-bond acceptors (Lipinski definition) is 3. The number of anilines is 1. The van der Waals surface area contributed by atoms with Gasteiger partial charge in [-0.05, 0) is 35.9 Å². The average Bonchev–Trinajstić information content (AvgIpc) is 3.09. The Hall–Kier alpha value is -2.59. The van der Waals surface area contributed by atoms with Crippen LogP contribution in [0.15, 0.2) is 67.0 Å². The number of rotatable bonds is 7. The Kier molecular flexibility index (Phi) is 5.06. The number of aromatic amines is 1. The van der Waals surface area contributed by atoms with Gasteiger partial charge < -0.3 is 10.3 Å². The van der Waals surface area contributed by atoms with Crippen LogP contribution in [0, 0.1) is 0 Å². The molecular formula is C19H22N4. The Morgan fingerprint density at radius 2 is 1.83 bits per heavy atom. The highest BCUT2D eigenvalue weighted by atomic mass is 15.1. The molecule has 0 aliphatic heterocycles. The number of nitrogens with one attached hydrogen (secondary N) is 2. The molecule has 0 saturated carbocycles. The Labute approximate surface area is 137 Å². The van der Waals surface area contributed by atoms with E-state index in [0.717, 1.165) is 25.3 Å². The van der Waals surface area contributed by atoms with Crippen molar-refractivity contribution in [3.63, 3.8) is 0 Å². The molecule has 0 bridgehead atoms. The fraction of sp³-hybridized carbons (Fsp3) is 0.211. The van der Waals surface area contributed by atoms with Crippen LogP contribution in [-0.2, 0) is 19.6 Å². The van der Waals surface area contributed by atoms with E-state index in [1.165, 1.54) is 16.9 Å². The standard InChI is InChI=1S/C19H22N4/c1-20-19-10-3-2-7-16(19)13-23(15-18-9-6-12-22-18)14-17-8-4-5-11-21-17/h2-12,20,22H,13-15H2,1H3. The predicted octanol–water partition coefficient (Wildman–Crippen LogP) is 3.65. The van der Waals surface area contributed by atoms with Gasteiger partial charge in [0.2, 0.25) is 0 Å². The third-order valence-corrected chi connectivity index (χ3v) is 3.85. The van der Waals surface area contributed by atoms with Crippen LogP contribution in [-0.4, -0.2) is 21.9 Å². The van der Waals surface area contributed by atoms with Crippen LogP contribution in [0.4, 0.5) is 5.69 Å². The summed E-state index contributed by atoms with van der Waals surface area (Å²) < 4.78 is 0. The van der Waals surface area contributed by atoms with E-state index < -0.39 is 0 Å². The van der Waals surface area contributed by atoms with E-state index in [1.54, 1.807) is 0 Å². The van der Waals surface area contributed by atoms with E-state index >= 15 is 0 Å². The first-order chi connectivity index (χ1) is 11.3. The molecule has 0 aliphatic rings. The monoisotopic (exact) mass is 306 g/mol. The summed E-state index contributed by atoms with van der Waals surface area (Å²) in [5, 5.41) is 3.27. The fourth-order valence-electron chi connectivity index (χ4n) is 2.74. The third-order valence-electron chi connectivity index (χ3n) is 3.85. The first-order valence-corrected chi connectivity index (χ1v) is 7.85. The molecule has 0 spiro atoms. The lowest BCUT2D eigenvalue weighted by molar-refractivity contribution is 0.242. The molecule has 0 fully saturated rings. The SMILES string of the molecule is CNc1ccccc1CN(Cc1ccccn1)Cc1ccc[nH]1. The molecule has 2 heterocycles. The molecule has 0 atom stereocenters. The molecule has 4 heteroatoms. The molecular weight excluding hydrogens is 284 g/mol. The predicted molar refractivity (Wildman–Crippen MR) is 94.0 cm³/mol. The second-order valence-electron chi connectivity index (χ2n) is 5.57. The molecule has 2 aromatic heterocycles. The highest BCUT2D eigenvalue weighted by molar-refractivity contribution is 5.50. The lowest BCUT2D eigenvalue weighted by Gasteiger charge is -2.23. The summed E-state index contributed by atoms with van der Waals surface area (Å²) >= 11 is 0. The number of nitrogens with zero attached hydrogens (tertiary/aromatic N) is 2. The van der Waals surface area contributed by atoms with E-state index in [9.17, 15) is 0 Å². The summed E-state index contributed by atoms with van der Waals surface area (Å²) in [5.41, 5.74) is 4.76. The van der Waals surface area contributed by atoms with Crippen molar-refractivity contribution in [2.24, 2.45) is 0 Å². The number of para-hydroxylation sites is 1. The van der Waals surface area contributed by atoms with Crippen LogP contribution in [0.1, 0.15) is 17.0 Å². The van der Waals surface area contributed by atoms with Crippen molar-refractivity contribution in [2.45, 2.75) is 19.6 Å². The van der Waals surface area contributed by atoms with Crippen molar-refractivity contribution in [3.05, 3.63) is 83.9 Å². The van der Waals surface area contributed by atoms with E-state index in [4.69, 9.17) is 0 Å². The van der Waals surface area contributed by atoms with Crippen molar-refractivity contribution in [2.75, 3.05) is 12.4 Å². The second-order valence-corrected chi connectivity index (χ2v) is 5.57. The van der Waals surface area contributed by atoms with Gasteiger partial charge >= 0.3 is 0 Å². The Morgan fingerprint density at radius 1 is 0.957 bits per heavy atom. The van der Waals surface area contributed by atoms with Gasteiger partial charge in [-0.3, -0.25) is 9.88 Å². The minimum absolute atomic E-state index is 0.817. The zero-order chi connectivity index (χ0) is 15.9. The smallest absolute Gasteiger partial charge is 0.0544 e. The van der Waals surface area contributed by atoms with Gasteiger partial charge in [0.25, 0.3) is 0 Å². The zero-order valence-corrected chi connectivity index (χ0v) is 13.4. The van der Waals surface area contributed by atoms with Gasteiger partial charge in [-0.2, -0.15) is 0 Å². The van der Waals surface area contributed by atoms with Crippen molar-refractivity contribution < 1.29 is 0 Å². The molecule has 23 heavy (non-hydrogen) atoms. The van der Waals surface area contributed by atoms with Gasteiger partial charge in [0.05, 0.1) is 5.69 Å². The molecule has 4 nitrogen and oxygen atoms in total. The van der Waals surface area contributed by atoms with Crippen molar-refractivity contribution in [1.29, 1.82) is 0 Å². The molecule has 0 amide bonds. The van der Waals surface area contributed by atoms with Gasteiger partial charge in [0.1, 0.15) is 0 Å². The Morgan fingerprint density at radius 3 is 2.57 bits per heavy atom. The summed E-state index contributed by atoms with van der Waals surface area (Å²) in [4.78, 5) is 10.1. The maximum absolute atomic E-state index is 4.46. The van der Waals surface area contributed by atoms with Crippen LogP contribution in [0.5, 0.6) is 0 Å². The molecule has 0 unspecified atom stereocenters. The Bertz CT molecular complexity index is 707. The topological polar surface area (TPSA) is 44.0 Å². The van der Waals surface area contributed by atoms with Crippen LogP contribution in [0.3, 0.4) is 0 Å². The van der Waals surface area contributed by atoms with Gasteiger partial charge in [-0.25, -0.2) is 0 Å². The highest BCUT2D eigenvalue weighted by Gasteiger charge is 2.11. The first kappa shape index (κ1) is 15.3. The largest absolute Gasteiger partial charge is 0.388 e. The number of pyridine rings is 1. The number of H-pyrrole nitrogens is 1. The van der Waals surface area contributed by atoms with Crippen LogP contribution < -0.4 is 5.32 Å². The van der Waals surface area contributed by atoms with E-state index in [0.29, 0.717) is 0 Å². The van der Waals surface area contributed by atoms with Gasteiger partial charge in [0, 0.05) is 50.5 Å². The summed E-state index contributed by atoms with van der Waals surface area (Å²) in [5.74, 6) is 0. The number of benzene rings is 1. The van der Waals surface area contributed by atoms with E-state index in [-0.39, 0.29) is 0 Å². The lowest BCUT2D eigenvalue weighted by atomic mass is 10.1. The van der Waals surface area contributed by atoms with Crippen molar-refractivity contribution in [1.82, 2.24) is 14.9 Å². The fourth-order valence-corrected chi connectivity index (χ4v) is 2.74. The molecule has 118 valence electrons. The lowest BCUT2D eigenvalue weighted by Crippen LogP contribution is -2.23. The zero-order valence-electron chi connectivity index (χ0n) is 13.4. The van der Waals surface area contributed by atoms with Gasteiger partial charge in [-0.15, -0.1) is 0 Å². The average molecular weight is 306 g/mol. The molecule has 1 aromatic carbocycles. The van der Waals surface area contributed by atoms with Crippen LogP contribution >= 0.6 is 0 Å².